The summed E-state index contributed by atoms with van der Waals surface area (Å²) in [5.74, 6) is 0.158. The first kappa shape index (κ1) is 12.8. The molecule has 5 heteroatoms. The summed E-state index contributed by atoms with van der Waals surface area (Å²) >= 11 is 6.69. The number of nitrogens with zero attached hydrogens (tertiary/aromatic N) is 1. The van der Waals surface area contributed by atoms with Crippen molar-refractivity contribution in [3.63, 3.8) is 0 Å². The number of rotatable bonds is 4. The molecule has 2 heterocycles. The maximum absolute atomic E-state index is 11.9. The molecule has 0 aliphatic heterocycles. The molecule has 0 spiro atoms. The number of likely N-dealkylation sites (N-methyl/N-ethyl adjacent to an activating group) is 1. The van der Waals surface area contributed by atoms with Gasteiger partial charge in [-0.1, -0.05) is 0 Å². The van der Waals surface area contributed by atoms with Crippen LogP contribution in [0.4, 0.5) is 0 Å². The van der Waals surface area contributed by atoms with Crippen LogP contribution in [-0.4, -0.2) is 17.9 Å². The van der Waals surface area contributed by atoms with Crippen molar-refractivity contribution < 1.29 is 4.79 Å². The van der Waals surface area contributed by atoms with Gasteiger partial charge in [0.1, 0.15) is 0 Å². The van der Waals surface area contributed by atoms with E-state index in [1.165, 1.54) is 5.56 Å². The van der Waals surface area contributed by atoms with Crippen LogP contribution in [0.5, 0.6) is 0 Å². The highest BCUT2D eigenvalue weighted by atomic mass is 79.9. The molecule has 2 aromatic rings. The van der Waals surface area contributed by atoms with Crippen LogP contribution in [0.25, 0.3) is 0 Å². The van der Waals surface area contributed by atoms with E-state index in [4.69, 9.17) is 0 Å². The van der Waals surface area contributed by atoms with Crippen molar-refractivity contribution in [1.29, 1.82) is 0 Å². The van der Waals surface area contributed by atoms with E-state index in [1.807, 2.05) is 23.9 Å². The van der Waals surface area contributed by atoms with E-state index in [0.29, 0.717) is 13.0 Å². The number of thiophene rings is 2. The van der Waals surface area contributed by atoms with E-state index in [-0.39, 0.29) is 5.91 Å². The first-order valence-electron chi connectivity index (χ1n) is 5.13. The van der Waals surface area contributed by atoms with E-state index >= 15 is 0 Å². The summed E-state index contributed by atoms with van der Waals surface area (Å²) in [7, 11) is 1.85. The maximum Gasteiger partial charge on any atom is 0.227 e. The summed E-state index contributed by atoms with van der Waals surface area (Å²) in [5, 5.41) is 6.09. The number of halogens is 1. The first-order valence-corrected chi connectivity index (χ1v) is 7.74. The standard InChI is InChI=1S/C12H12BrNOS2/c1-14(6-10-4-11(13)17-8-10)12(15)5-9-2-3-16-7-9/h2-4,7-8H,5-6H2,1H3. The van der Waals surface area contributed by atoms with E-state index in [1.54, 1.807) is 27.6 Å². The molecule has 2 nitrogen and oxygen atoms in total. The van der Waals surface area contributed by atoms with Gasteiger partial charge in [-0.15, -0.1) is 11.3 Å². The Labute approximate surface area is 117 Å². The molecule has 2 aromatic heterocycles. The molecule has 90 valence electrons. The molecule has 2 rings (SSSR count). The summed E-state index contributed by atoms with van der Waals surface area (Å²) in [4.78, 5) is 13.7. The average Bonchev–Trinajstić information content (AvgIpc) is 2.90. The zero-order valence-corrected chi connectivity index (χ0v) is 12.6. The molecular formula is C12H12BrNOS2. The fourth-order valence-electron chi connectivity index (χ4n) is 1.49. The fraction of sp³-hybridized carbons (Fsp3) is 0.250. The van der Waals surface area contributed by atoms with Gasteiger partial charge in [-0.25, -0.2) is 0 Å². The second-order valence-corrected chi connectivity index (χ2v) is 6.89. The largest absolute Gasteiger partial charge is 0.341 e. The van der Waals surface area contributed by atoms with Crippen LogP contribution in [0.3, 0.4) is 0 Å². The van der Waals surface area contributed by atoms with Crippen LogP contribution in [0.1, 0.15) is 11.1 Å². The summed E-state index contributed by atoms with van der Waals surface area (Å²) in [6.45, 7) is 0.672. The number of carbonyl (C=O) groups excluding carboxylic acids is 1. The third-order valence-electron chi connectivity index (χ3n) is 2.40. The zero-order valence-electron chi connectivity index (χ0n) is 9.35. The maximum atomic E-state index is 11.9. The van der Waals surface area contributed by atoms with E-state index < -0.39 is 0 Å². The van der Waals surface area contributed by atoms with Crippen LogP contribution in [0.2, 0.25) is 0 Å². The van der Waals surface area contributed by atoms with Crippen molar-refractivity contribution in [1.82, 2.24) is 4.90 Å². The van der Waals surface area contributed by atoms with Crippen LogP contribution in [0.15, 0.2) is 32.1 Å². The summed E-state index contributed by atoms with van der Waals surface area (Å²) in [6.07, 6.45) is 0.491. The van der Waals surface area contributed by atoms with Crippen molar-refractivity contribution in [2.24, 2.45) is 0 Å². The second-order valence-electron chi connectivity index (χ2n) is 3.82. The smallest absolute Gasteiger partial charge is 0.227 e. The van der Waals surface area contributed by atoms with E-state index in [2.05, 4.69) is 27.4 Å². The molecule has 0 fully saturated rings. The Kier molecular flexibility index (Phi) is 4.36. The molecule has 0 aliphatic carbocycles. The Balaban J connectivity index is 1.91. The van der Waals surface area contributed by atoms with Crippen molar-refractivity contribution in [3.8, 4) is 0 Å². The Morgan fingerprint density at radius 1 is 1.41 bits per heavy atom. The van der Waals surface area contributed by atoms with Crippen LogP contribution in [0, 0.1) is 0 Å². The lowest BCUT2D eigenvalue weighted by molar-refractivity contribution is -0.129. The summed E-state index contributed by atoms with van der Waals surface area (Å²) in [6, 6.07) is 4.05. The van der Waals surface area contributed by atoms with Gasteiger partial charge in [0.05, 0.1) is 10.2 Å². The third-order valence-corrected chi connectivity index (χ3v) is 4.69. The third kappa shape index (κ3) is 3.66. The number of hydrogen-bond acceptors (Lipinski definition) is 3. The Bertz CT molecular complexity index is 492. The molecule has 17 heavy (non-hydrogen) atoms. The monoisotopic (exact) mass is 329 g/mol. The van der Waals surface area contributed by atoms with Crippen molar-refractivity contribution in [2.75, 3.05) is 7.05 Å². The van der Waals surface area contributed by atoms with Gasteiger partial charge in [0.25, 0.3) is 0 Å². The predicted octanol–water partition coefficient (Wildman–Crippen LogP) is 3.77. The van der Waals surface area contributed by atoms with Crippen molar-refractivity contribution in [3.05, 3.63) is 43.2 Å². The molecule has 0 aliphatic rings. The molecule has 0 unspecified atom stereocenters. The van der Waals surface area contributed by atoms with Crippen LogP contribution >= 0.6 is 38.6 Å². The molecule has 0 N–H and O–H groups in total. The van der Waals surface area contributed by atoms with Gasteiger partial charge in [0.15, 0.2) is 0 Å². The molecule has 0 aromatic carbocycles. The second kappa shape index (κ2) is 5.80. The fourth-order valence-corrected chi connectivity index (χ4v) is 3.36. The predicted molar refractivity (Wildman–Crippen MR) is 76.5 cm³/mol. The van der Waals surface area contributed by atoms with Gasteiger partial charge in [-0.3, -0.25) is 4.79 Å². The Hall–Kier alpha value is -0.650. The lowest BCUT2D eigenvalue weighted by Crippen LogP contribution is -2.27. The number of carbonyl (C=O) groups is 1. The van der Waals surface area contributed by atoms with Crippen LogP contribution < -0.4 is 0 Å². The van der Waals surface area contributed by atoms with Crippen molar-refractivity contribution in [2.45, 2.75) is 13.0 Å². The molecule has 0 atom stereocenters. The highest BCUT2D eigenvalue weighted by Crippen LogP contribution is 2.21. The first-order chi connectivity index (χ1) is 8.15. The normalized spacial score (nSPS) is 10.5. The number of hydrogen-bond donors (Lipinski definition) is 0. The van der Waals surface area contributed by atoms with E-state index in [9.17, 15) is 4.79 Å². The van der Waals surface area contributed by atoms with Gasteiger partial charge < -0.3 is 4.90 Å². The van der Waals surface area contributed by atoms with Gasteiger partial charge in [-0.2, -0.15) is 11.3 Å². The lowest BCUT2D eigenvalue weighted by atomic mass is 10.2. The summed E-state index contributed by atoms with van der Waals surface area (Å²) in [5.41, 5.74) is 2.27. The van der Waals surface area contributed by atoms with Gasteiger partial charge in [0, 0.05) is 13.6 Å². The van der Waals surface area contributed by atoms with Crippen molar-refractivity contribution >= 4 is 44.5 Å². The highest BCUT2D eigenvalue weighted by Gasteiger charge is 2.11. The molecule has 1 amide bonds. The van der Waals surface area contributed by atoms with Crippen LogP contribution in [-0.2, 0) is 17.8 Å². The Morgan fingerprint density at radius 2 is 2.24 bits per heavy atom. The number of amides is 1. The molecule has 0 saturated heterocycles. The minimum Gasteiger partial charge on any atom is -0.341 e. The lowest BCUT2D eigenvalue weighted by Gasteiger charge is -2.15. The van der Waals surface area contributed by atoms with Gasteiger partial charge in [-0.05, 0) is 55.3 Å². The quantitative estimate of drug-likeness (QED) is 0.836. The molecule has 0 radical (unpaired) electrons. The molecular weight excluding hydrogens is 318 g/mol. The minimum atomic E-state index is 0.158. The molecule has 0 saturated carbocycles. The Morgan fingerprint density at radius 3 is 2.82 bits per heavy atom. The highest BCUT2D eigenvalue weighted by molar-refractivity contribution is 9.11. The summed E-state index contributed by atoms with van der Waals surface area (Å²) < 4.78 is 1.10. The SMILES string of the molecule is CN(Cc1csc(Br)c1)C(=O)Cc1ccsc1. The zero-order chi connectivity index (χ0) is 12.3. The average molecular weight is 330 g/mol. The van der Waals surface area contributed by atoms with Gasteiger partial charge >= 0.3 is 0 Å². The minimum absolute atomic E-state index is 0.158. The van der Waals surface area contributed by atoms with Gasteiger partial charge in [0.2, 0.25) is 5.91 Å². The molecule has 0 bridgehead atoms. The topological polar surface area (TPSA) is 20.3 Å². The van der Waals surface area contributed by atoms with E-state index in [0.717, 1.165) is 9.35 Å².